The van der Waals surface area contributed by atoms with Crippen LogP contribution in [-0.2, 0) is 13.6 Å². The van der Waals surface area contributed by atoms with Gasteiger partial charge >= 0.3 is 0 Å². The number of aryl methyl sites for hydroxylation is 1. The van der Waals surface area contributed by atoms with Crippen molar-refractivity contribution in [3.63, 3.8) is 0 Å². The molecule has 6 heteroatoms. The van der Waals surface area contributed by atoms with E-state index in [0.717, 1.165) is 19.0 Å². The fraction of sp³-hybridized carbons (Fsp3) is 0.474. The Bertz CT molecular complexity index is 651. The van der Waals surface area contributed by atoms with Gasteiger partial charge in [-0.05, 0) is 29.7 Å². The highest BCUT2D eigenvalue weighted by Crippen LogP contribution is 2.22. The molecule has 1 atom stereocenters. The third kappa shape index (κ3) is 6.02. The van der Waals surface area contributed by atoms with Gasteiger partial charge in [0.05, 0.1) is 6.54 Å². The van der Waals surface area contributed by atoms with Gasteiger partial charge in [0, 0.05) is 57.9 Å². The lowest BCUT2D eigenvalue weighted by molar-refractivity contribution is 0.439. The fourth-order valence-corrected chi connectivity index (χ4v) is 2.90. The number of rotatable bonds is 6. The van der Waals surface area contributed by atoms with Crippen molar-refractivity contribution in [1.82, 2.24) is 19.8 Å². The molecule has 0 spiro atoms. The zero-order chi connectivity index (χ0) is 17.5. The van der Waals surface area contributed by atoms with E-state index in [1.807, 2.05) is 25.5 Å². The maximum Gasteiger partial charge on any atom is 0.193 e. The molecule has 5 nitrogen and oxygen atoms in total. The van der Waals surface area contributed by atoms with Crippen LogP contribution in [-0.4, -0.2) is 41.1 Å². The van der Waals surface area contributed by atoms with Gasteiger partial charge in [0.15, 0.2) is 5.96 Å². The molecule has 1 unspecified atom stereocenters. The highest BCUT2D eigenvalue weighted by molar-refractivity contribution is 14.0. The molecule has 0 aliphatic rings. The number of halogens is 1. The molecule has 0 bridgehead atoms. The molecule has 0 aliphatic carbocycles. The third-order valence-electron chi connectivity index (χ3n) is 4.42. The summed E-state index contributed by atoms with van der Waals surface area (Å²) in [4.78, 5) is 10.8. The Hall–Kier alpha value is -1.57. The van der Waals surface area contributed by atoms with Gasteiger partial charge in [-0.2, -0.15) is 0 Å². The van der Waals surface area contributed by atoms with Gasteiger partial charge in [-0.1, -0.05) is 19.9 Å². The summed E-state index contributed by atoms with van der Waals surface area (Å²) in [5.74, 6) is 1.84. The van der Waals surface area contributed by atoms with Crippen molar-refractivity contribution in [2.24, 2.45) is 18.0 Å². The molecule has 0 amide bonds. The van der Waals surface area contributed by atoms with E-state index < -0.39 is 0 Å². The molecule has 25 heavy (non-hydrogen) atoms. The summed E-state index contributed by atoms with van der Waals surface area (Å²) >= 11 is 0. The van der Waals surface area contributed by atoms with E-state index in [0.29, 0.717) is 11.8 Å². The van der Waals surface area contributed by atoms with E-state index in [1.165, 1.54) is 11.3 Å². The van der Waals surface area contributed by atoms with Crippen LogP contribution in [0.3, 0.4) is 0 Å². The average Bonchev–Trinajstić information content (AvgIpc) is 2.97. The number of guanidine groups is 1. The summed E-state index contributed by atoms with van der Waals surface area (Å²) in [7, 11) is 5.96. The Kier molecular flexibility index (Phi) is 8.96. The van der Waals surface area contributed by atoms with Crippen LogP contribution in [0.5, 0.6) is 0 Å². The zero-order valence-corrected chi connectivity index (χ0v) is 18.1. The summed E-state index contributed by atoms with van der Waals surface area (Å²) in [5, 5.41) is 3.52. The molecule has 2 aromatic rings. The highest BCUT2D eigenvalue weighted by Gasteiger charge is 2.17. The van der Waals surface area contributed by atoms with E-state index in [9.17, 15) is 0 Å². The zero-order valence-electron chi connectivity index (χ0n) is 15.8. The fourth-order valence-electron chi connectivity index (χ4n) is 2.90. The van der Waals surface area contributed by atoms with Crippen LogP contribution in [0.2, 0.25) is 0 Å². The van der Waals surface area contributed by atoms with E-state index in [1.54, 1.807) is 0 Å². The monoisotopic (exact) mass is 455 g/mol. The smallest absolute Gasteiger partial charge is 0.193 e. The largest absolute Gasteiger partial charge is 0.356 e. The molecule has 0 saturated carbocycles. The Morgan fingerprint density at radius 2 is 2.08 bits per heavy atom. The number of aliphatic imine (C=N–C) groups is 1. The van der Waals surface area contributed by atoms with Crippen LogP contribution in [0.25, 0.3) is 0 Å². The minimum Gasteiger partial charge on any atom is -0.356 e. The van der Waals surface area contributed by atoms with Gasteiger partial charge in [-0.3, -0.25) is 9.98 Å². The first-order valence-electron chi connectivity index (χ1n) is 8.44. The molecule has 0 saturated heterocycles. The number of hydrogen-bond acceptors (Lipinski definition) is 2. The van der Waals surface area contributed by atoms with Gasteiger partial charge in [-0.15, -0.1) is 24.0 Å². The lowest BCUT2D eigenvalue weighted by Crippen LogP contribution is -2.41. The van der Waals surface area contributed by atoms with Gasteiger partial charge in [0.2, 0.25) is 0 Å². The van der Waals surface area contributed by atoms with Crippen molar-refractivity contribution in [1.29, 1.82) is 0 Å². The van der Waals surface area contributed by atoms with Crippen LogP contribution < -0.4 is 5.32 Å². The molecule has 1 N–H and O–H groups in total. The minimum atomic E-state index is 0. The average molecular weight is 455 g/mol. The molecule has 2 heterocycles. The molecular formula is C19H30IN5. The van der Waals surface area contributed by atoms with E-state index in [2.05, 4.69) is 77.1 Å². The molecular weight excluding hydrogens is 425 g/mol. The number of nitrogens with one attached hydrogen (secondary N) is 1. The number of pyridine rings is 1. The van der Waals surface area contributed by atoms with Crippen LogP contribution in [0, 0.1) is 5.92 Å². The summed E-state index contributed by atoms with van der Waals surface area (Å²) < 4.78 is 2.14. The van der Waals surface area contributed by atoms with Gasteiger partial charge in [-0.25, -0.2) is 0 Å². The molecule has 0 aliphatic heterocycles. The number of nitrogens with zero attached hydrogens (tertiary/aromatic N) is 4. The normalized spacial score (nSPS) is 12.6. The van der Waals surface area contributed by atoms with Crippen molar-refractivity contribution in [3.05, 3.63) is 54.1 Å². The van der Waals surface area contributed by atoms with Crippen LogP contribution >= 0.6 is 24.0 Å². The Morgan fingerprint density at radius 1 is 1.32 bits per heavy atom. The first kappa shape index (κ1) is 21.5. The Labute approximate surface area is 168 Å². The van der Waals surface area contributed by atoms with Crippen molar-refractivity contribution in [2.45, 2.75) is 26.3 Å². The molecule has 0 fully saturated rings. The standard InChI is InChI=1S/C19H29N5.HI/c1-15(2)18(16-8-6-10-21-12-16)13-22-19(20-3)24(5)14-17-9-7-11-23(17)4;/h6-12,15,18H,13-14H2,1-5H3,(H,20,22);1H. The summed E-state index contributed by atoms with van der Waals surface area (Å²) in [5.41, 5.74) is 2.52. The van der Waals surface area contributed by atoms with Gasteiger partial charge in [0.1, 0.15) is 0 Å². The summed E-state index contributed by atoms with van der Waals surface area (Å²) in [6.45, 7) is 6.15. The van der Waals surface area contributed by atoms with Crippen molar-refractivity contribution in [3.8, 4) is 0 Å². The first-order valence-corrected chi connectivity index (χ1v) is 8.44. The second kappa shape index (κ2) is 10.4. The van der Waals surface area contributed by atoms with Crippen molar-refractivity contribution < 1.29 is 0 Å². The van der Waals surface area contributed by atoms with Crippen molar-refractivity contribution in [2.75, 3.05) is 20.6 Å². The Morgan fingerprint density at radius 3 is 2.60 bits per heavy atom. The second-order valence-electron chi connectivity index (χ2n) is 6.53. The van der Waals surface area contributed by atoms with Crippen LogP contribution in [0.1, 0.15) is 31.0 Å². The summed E-state index contributed by atoms with van der Waals surface area (Å²) in [6.07, 6.45) is 5.85. The summed E-state index contributed by atoms with van der Waals surface area (Å²) in [6, 6.07) is 8.35. The van der Waals surface area contributed by atoms with Gasteiger partial charge in [0.25, 0.3) is 0 Å². The number of hydrogen-bond donors (Lipinski definition) is 1. The molecule has 0 radical (unpaired) electrons. The highest BCUT2D eigenvalue weighted by atomic mass is 127. The topological polar surface area (TPSA) is 45.5 Å². The Balaban J connectivity index is 0.00000312. The van der Waals surface area contributed by atoms with E-state index in [-0.39, 0.29) is 24.0 Å². The van der Waals surface area contributed by atoms with Crippen LogP contribution in [0.15, 0.2) is 47.8 Å². The molecule has 2 aromatic heterocycles. The maximum absolute atomic E-state index is 4.43. The van der Waals surface area contributed by atoms with E-state index >= 15 is 0 Å². The maximum atomic E-state index is 4.43. The van der Waals surface area contributed by atoms with Crippen molar-refractivity contribution >= 4 is 29.9 Å². The lowest BCUT2D eigenvalue weighted by atomic mass is 9.89. The van der Waals surface area contributed by atoms with Gasteiger partial charge < -0.3 is 14.8 Å². The third-order valence-corrected chi connectivity index (χ3v) is 4.42. The number of aromatic nitrogens is 2. The first-order chi connectivity index (χ1) is 11.5. The van der Waals surface area contributed by atoms with E-state index in [4.69, 9.17) is 0 Å². The minimum absolute atomic E-state index is 0. The lowest BCUT2D eigenvalue weighted by Gasteiger charge is -2.26. The predicted octanol–water partition coefficient (Wildman–Crippen LogP) is 3.49. The molecule has 138 valence electrons. The SMILES string of the molecule is CN=C(NCC(c1cccnc1)C(C)C)N(C)Cc1cccn1C.I. The van der Waals surface area contributed by atoms with Crippen LogP contribution in [0.4, 0.5) is 0 Å². The second-order valence-corrected chi connectivity index (χ2v) is 6.53. The quantitative estimate of drug-likeness (QED) is 0.412. The molecule has 0 aromatic carbocycles. The predicted molar refractivity (Wildman–Crippen MR) is 115 cm³/mol. The molecule has 2 rings (SSSR count).